The van der Waals surface area contributed by atoms with Crippen LogP contribution in [-0.4, -0.2) is 16.4 Å². The Hall–Kier alpha value is -2.53. The lowest BCUT2D eigenvalue weighted by atomic mass is 9.93. The number of hydrogen-bond acceptors (Lipinski definition) is 3. The number of carbonyl (C=O) groups is 1. The van der Waals surface area contributed by atoms with E-state index in [1.54, 1.807) is 13.8 Å². The van der Waals surface area contributed by atoms with E-state index in [1.165, 1.54) is 0 Å². The van der Waals surface area contributed by atoms with Crippen LogP contribution in [0, 0.1) is 37.5 Å². The van der Waals surface area contributed by atoms with Gasteiger partial charge in [-0.3, -0.25) is 9.59 Å². The third kappa shape index (κ3) is 4.02. The van der Waals surface area contributed by atoms with Crippen molar-refractivity contribution in [1.29, 1.82) is 5.26 Å². The molecule has 0 fully saturated rings. The van der Waals surface area contributed by atoms with Gasteiger partial charge in [-0.15, -0.1) is 6.42 Å². The maximum absolute atomic E-state index is 12.2. The van der Waals surface area contributed by atoms with Crippen LogP contribution in [0.3, 0.4) is 0 Å². The van der Waals surface area contributed by atoms with E-state index >= 15 is 0 Å². The molecule has 0 aromatic carbocycles. The lowest BCUT2D eigenvalue weighted by molar-refractivity contribution is -0.122. The van der Waals surface area contributed by atoms with Crippen molar-refractivity contribution < 1.29 is 4.79 Å². The molecule has 5 nitrogen and oxygen atoms in total. The molecular formula is C18H23N3O2. The number of nitrogens with zero attached hydrogens (tertiary/aromatic N) is 1. The number of nitriles is 1. The quantitative estimate of drug-likeness (QED) is 0.789. The number of hydrogen-bond donors (Lipinski definition) is 2. The predicted octanol–water partition coefficient (Wildman–Crippen LogP) is 2.10. The van der Waals surface area contributed by atoms with Gasteiger partial charge in [-0.25, -0.2) is 0 Å². The molecule has 122 valence electrons. The number of nitrogens with one attached hydrogen (secondary N) is 2. The van der Waals surface area contributed by atoms with E-state index in [0.717, 1.165) is 5.56 Å². The van der Waals surface area contributed by atoms with Gasteiger partial charge in [0.2, 0.25) is 5.91 Å². The summed E-state index contributed by atoms with van der Waals surface area (Å²) in [5.41, 5.74) is 1.26. The van der Waals surface area contributed by atoms with Gasteiger partial charge in [0.25, 0.3) is 5.56 Å². The number of amides is 1. The van der Waals surface area contributed by atoms with Crippen molar-refractivity contribution in [2.24, 2.45) is 0 Å². The Kier molecular flexibility index (Phi) is 6.16. The van der Waals surface area contributed by atoms with Gasteiger partial charge in [0.1, 0.15) is 17.2 Å². The molecule has 23 heavy (non-hydrogen) atoms. The number of terminal acetylenes is 1. The van der Waals surface area contributed by atoms with E-state index in [4.69, 9.17) is 11.7 Å². The summed E-state index contributed by atoms with van der Waals surface area (Å²) in [7, 11) is 0. The molecule has 0 radical (unpaired) electrons. The van der Waals surface area contributed by atoms with Crippen molar-refractivity contribution in [3.63, 3.8) is 0 Å². The SMILES string of the molecule is C#CC(CC)(CC)NC(=O)CCc1c(C)[nH]c(=O)c(C#N)c1C. The molecule has 1 amide bonds. The highest BCUT2D eigenvalue weighted by molar-refractivity contribution is 5.77. The van der Waals surface area contributed by atoms with Gasteiger partial charge in [0.05, 0.1) is 0 Å². The van der Waals surface area contributed by atoms with Crippen molar-refractivity contribution in [3.8, 4) is 18.4 Å². The summed E-state index contributed by atoms with van der Waals surface area (Å²) in [6.45, 7) is 7.39. The Morgan fingerprint density at radius 3 is 2.43 bits per heavy atom. The summed E-state index contributed by atoms with van der Waals surface area (Å²) in [6, 6.07) is 1.91. The molecular weight excluding hydrogens is 290 g/mol. The molecule has 0 bridgehead atoms. The fourth-order valence-electron chi connectivity index (χ4n) is 2.66. The number of pyridine rings is 1. The second-order valence-corrected chi connectivity index (χ2v) is 5.65. The first-order valence-electron chi connectivity index (χ1n) is 7.75. The highest BCUT2D eigenvalue weighted by Gasteiger charge is 2.25. The van der Waals surface area contributed by atoms with Crippen molar-refractivity contribution in [2.75, 3.05) is 0 Å². The fourth-order valence-corrected chi connectivity index (χ4v) is 2.66. The smallest absolute Gasteiger partial charge is 0.266 e. The lowest BCUT2D eigenvalue weighted by Crippen LogP contribution is -2.46. The summed E-state index contributed by atoms with van der Waals surface area (Å²) >= 11 is 0. The van der Waals surface area contributed by atoms with E-state index < -0.39 is 5.54 Å². The molecule has 2 N–H and O–H groups in total. The third-order valence-corrected chi connectivity index (χ3v) is 4.38. The Bertz CT molecular complexity index is 728. The summed E-state index contributed by atoms with van der Waals surface area (Å²) in [4.78, 5) is 26.6. The number of aromatic nitrogens is 1. The molecule has 0 aliphatic heterocycles. The Morgan fingerprint density at radius 2 is 1.96 bits per heavy atom. The van der Waals surface area contributed by atoms with E-state index in [1.807, 2.05) is 19.9 Å². The van der Waals surface area contributed by atoms with Gasteiger partial charge >= 0.3 is 0 Å². The van der Waals surface area contributed by atoms with Crippen molar-refractivity contribution in [3.05, 3.63) is 32.7 Å². The van der Waals surface area contributed by atoms with Gasteiger partial charge in [-0.05, 0) is 44.2 Å². The summed E-state index contributed by atoms with van der Waals surface area (Å²) in [5.74, 6) is 2.54. The van der Waals surface area contributed by atoms with Crippen LogP contribution in [0.25, 0.3) is 0 Å². The summed E-state index contributed by atoms with van der Waals surface area (Å²) in [5, 5.41) is 12.0. The average molecular weight is 313 g/mol. The number of carbonyl (C=O) groups excluding carboxylic acids is 1. The lowest BCUT2D eigenvalue weighted by Gasteiger charge is -2.27. The monoisotopic (exact) mass is 313 g/mol. The van der Waals surface area contributed by atoms with Gasteiger partial charge in [0, 0.05) is 12.1 Å². The van der Waals surface area contributed by atoms with Crippen molar-refractivity contribution in [1.82, 2.24) is 10.3 Å². The van der Waals surface area contributed by atoms with Crippen molar-refractivity contribution in [2.45, 2.75) is 58.9 Å². The van der Waals surface area contributed by atoms with E-state index in [9.17, 15) is 9.59 Å². The minimum atomic E-state index is -0.607. The molecule has 0 aliphatic rings. The van der Waals surface area contributed by atoms with Crippen LogP contribution in [0.1, 0.15) is 55.5 Å². The zero-order chi connectivity index (χ0) is 17.6. The number of aromatic amines is 1. The first-order valence-corrected chi connectivity index (χ1v) is 7.75. The highest BCUT2D eigenvalue weighted by atomic mass is 16.1. The maximum Gasteiger partial charge on any atom is 0.266 e. The Balaban J connectivity index is 2.92. The van der Waals surface area contributed by atoms with Gasteiger partial charge in [-0.2, -0.15) is 5.26 Å². The van der Waals surface area contributed by atoms with E-state index in [2.05, 4.69) is 16.2 Å². The van der Waals surface area contributed by atoms with E-state index in [0.29, 0.717) is 30.5 Å². The molecule has 0 aliphatic carbocycles. The minimum absolute atomic E-state index is 0.103. The molecule has 0 spiro atoms. The van der Waals surface area contributed by atoms with Crippen LogP contribution in [0.15, 0.2) is 4.79 Å². The van der Waals surface area contributed by atoms with Crippen LogP contribution in [0.2, 0.25) is 0 Å². The Labute approximate surface area is 137 Å². The molecule has 1 aromatic heterocycles. The molecule has 0 unspecified atom stereocenters. The minimum Gasteiger partial charge on any atom is -0.340 e. The van der Waals surface area contributed by atoms with Gasteiger partial charge < -0.3 is 10.3 Å². The first-order chi connectivity index (χ1) is 10.8. The van der Waals surface area contributed by atoms with Crippen LogP contribution in [0.4, 0.5) is 0 Å². The van der Waals surface area contributed by atoms with Gasteiger partial charge in [-0.1, -0.05) is 19.8 Å². The van der Waals surface area contributed by atoms with Crippen LogP contribution in [0.5, 0.6) is 0 Å². The van der Waals surface area contributed by atoms with Crippen LogP contribution in [-0.2, 0) is 11.2 Å². The topological polar surface area (TPSA) is 85.8 Å². The predicted molar refractivity (Wildman–Crippen MR) is 89.9 cm³/mol. The zero-order valence-corrected chi connectivity index (χ0v) is 14.2. The molecule has 0 saturated heterocycles. The third-order valence-electron chi connectivity index (χ3n) is 4.38. The Morgan fingerprint density at radius 1 is 1.35 bits per heavy atom. The molecule has 1 rings (SSSR count). The van der Waals surface area contributed by atoms with Crippen LogP contribution < -0.4 is 10.9 Å². The molecule has 1 heterocycles. The second kappa shape index (κ2) is 7.65. The van der Waals surface area contributed by atoms with E-state index in [-0.39, 0.29) is 23.5 Å². The number of H-pyrrole nitrogens is 1. The summed E-state index contributed by atoms with van der Waals surface area (Å²) in [6.07, 6.45) is 7.58. The molecule has 5 heteroatoms. The highest BCUT2D eigenvalue weighted by Crippen LogP contribution is 2.17. The zero-order valence-electron chi connectivity index (χ0n) is 14.2. The second-order valence-electron chi connectivity index (χ2n) is 5.65. The number of aryl methyl sites for hydroxylation is 1. The standard InChI is InChI=1S/C18H23N3O2/c1-6-18(7-2,8-3)21-16(22)10-9-14-12(4)15(11-19)17(23)20-13(14)5/h1H,7-10H2,2-5H3,(H,20,23)(H,21,22). The maximum atomic E-state index is 12.2. The van der Waals surface area contributed by atoms with Crippen LogP contribution >= 0.6 is 0 Å². The summed E-state index contributed by atoms with van der Waals surface area (Å²) < 4.78 is 0. The average Bonchev–Trinajstić information content (AvgIpc) is 2.52. The largest absolute Gasteiger partial charge is 0.340 e. The molecule has 0 atom stereocenters. The number of rotatable bonds is 6. The normalized spacial score (nSPS) is 10.7. The first kappa shape index (κ1) is 18.5. The molecule has 0 saturated carbocycles. The van der Waals surface area contributed by atoms with Gasteiger partial charge in [0.15, 0.2) is 0 Å². The molecule has 1 aromatic rings. The fraction of sp³-hybridized carbons (Fsp3) is 0.500. The van der Waals surface area contributed by atoms with Crippen molar-refractivity contribution >= 4 is 5.91 Å².